The van der Waals surface area contributed by atoms with Gasteiger partial charge in [0.2, 0.25) is 5.16 Å². The number of aromatic nitrogens is 3. The number of nitrogens with two attached hydrogens (primary N) is 1. The lowest BCUT2D eigenvalue weighted by atomic mass is 10.1. The van der Waals surface area contributed by atoms with Crippen molar-refractivity contribution in [3.63, 3.8) is 0 Å². The molecule has 3 aromatic rings. The van der Waals surface area contributed by atoms with Gasteiger partial charge in [0, 0.05) is 12.2 Å². The Labute approximate surface area is 156 Å². The summed E-state index contributed by atoms with van der Waals surface area (Å²) >= 11 is 1.38. The predicted molar refractivity (Wildman–Crippen MR) is 103 cm³/mol. The predicted octanol–water partition coefficient (Wildman–Crippen LogP) is 2.63. The SMILES string of the molecule is CCOc1ccc(Cc2nnc(SCc3ccccc3)n(N)c2=O)cc1. The monoisotopic (exact) mass is 368 g/mol. The van der Waals surface area contributed by atoms with Crippen LogP contribution in [0.4, 0.5) is 0 Å². The quantitative estimate of drug-likeness (QED) is 0.510. The van der Waals surface area contributed by atoms with E-state index in [1.807, 2.05) is 61.5 Å². The van der Waals surface area contributed by atoms with Crippen LogP contribution >= 0.6 is 11.8 Å². The third kappa shape index (κ3) is 4.43. The second-order valence-corrected chi connectivity index (χ2v) is 6.57. The topological polar surface area (TPSA) is 83.0 Å². The van der Waals surface area contributed by atoms with Crippen molar-refractivity contribution >= 4 is 11.8 Å². The van der Waals surface area contributed by atoms with E-state index >= 15 is 0 Å². The maximum atomic E-state index is 12.5. The van der Waals surface area contributed by atoms with Gasteiger partial charge in [-0.05, 0) is 30.2 Å². The summed E-state index contributed by atoms with van der Waals surface area (Å²) in [7, 11) is 0. The smallest absolute Gasteiger partial charge is 0.294 e. The highest BCUT2D eigenvalue weighted by Gasteiger charge is 2.11. The van der Waals surface area contributed by atoms with Crippen LogP contribution in [-0.4, -0.2) is 21.5 Å². The van der Waals surface area contributed by atoms with Crippen molar-refractivity contribution in [1.29, 1.82) is 0 Å². The van der Waals surface area contributed by atoms with Crippen LogP contribution in [0.15, 0.2) is 64.5 Å². The fraction of sp³-hybridized carbons (Fsp3) is 0.211. The highest BCUT2D eigenvalue weighted by Crippen LogP contribution is 2.18. The number of thioether (sulfide) groups is 1. The number of hydrogen-bond donors (Lipinski definition) is 1. The van der Waals surface area contributed by atoms with E-state index in [2.05, 4.69) is 10.2 Å². The van der Waals surface area contributed by atoms with Gasteiger partial charge in [0.1, 0.15) is 11.4 Å². The normalized spacial score (nSPS) is 10.7. The largest absolute Gasteiger partial charge is 0.494 e. The zero-order valence-electron chi connectivity index (χ0n) is 14.5. The maximum absolute atomic E-state index is 12.5. The van der Waals surface area contributed by atoms with Crippen LogP contribution in [0.25, 0.3) is 0 Å². The van der Waals surface area contributed by atoms with Gasteiger partial charge in [0.05, 0.1) is 6.61 Å². The fourth-order valence-corrected chi connectivity index (χ4v) is 3.22. The van der Waals surface area contributed by atoms with Gasteiger partial charge in [0.25, 0.3) is 5.56 Å². The van der Waals surface area contributed by atoms with Gasteiger partial charge in [-0.15, -0.1) is 10.2 Å². The Hall–Kier alpha value is -2.80. The second-order valence-electron chi connectivity index (χ2n) is 5.63. The highest BCUT2D eigenvalue weighted by molar-refractivity contribution is 7.98. The van der Waals surface area contributed by atoms with Crippen molar-refractivity contribution in [2.45, 2.75) is 24.3 Å². The molecule has 0 radical (unpaired) electrons. The molecule has 2 aromatic carbocycles. The van der Waals surface area contributed by atoms with Gasteiger partial charge in [-0.1, -0.05) is 54.2 Å². The van der Waals surface area contributed by atoms with Crippen molar-refractivity contribution in [2.24, 2.45) is 0 Å². The Morgan fingerprint density at radius 1 is 1.04 bits per heavy atom. The summed E-state index contributed by atoms with van der Waals surface area (Å²) in [5.41, 5.74) is 2.07. The number of nitrogen functional groups attached to an aromatic ring is 1. The summed E-state index contributed by atoms with van der Waals surface area (Å²) in [5, 5.41) is 8.61. The summed E-state index contributed by atoms with van der Waals surface area (Å²) in [5.74, 6) is 7.39. The molecule has 3 rings (SSSR count). The third-order valence-corrected chi connectivity index (χ3v) is 4.76. The van der Waals surface area contributed by atoms with Crippen LogP contribution in [0.5, 0.6) is 5.75 Å². The molecule has 0 saturated carbocycles. The highest BCUT2D eigenvalue weighted by atomic mass is 32.2. The van der Waals surface area contributed by atoms with Crippen molar-refractivity contribution in [3.8, 4) is 5.75 Å². The molecule has 1 aromatic heterocycles. The van der Waals surface area contributed by atoms with Crippen LogP contribution in [-0.2, 0) is 12.2 Å². The molecule has 0 unspecified atom stereocenters. The van der Waals surface area contributed by atoms with Crippen LogP contribution < -0.4 is 16.1 Å². The van der Waals surface area contributed by atoms with Crippen molar-refractivity contribution in [2.75, 3.05) is 12.4 Å². The first-order chi connectivity index (χ1) is 12.7. The Balaban J connectivity index is 1.71. The van der Waals surface area contributed by atoms with E-state index in [1.54, 1.807) is 0 Å². The van der Waals surface area contributed by atoms with Crippen LogP contribution in [0, 0.1) is 0 Å². The lowest BCUT2D eigenvalue weighted by molar-refractivity contribution is 0.340. The second kappa shape index (κ2) is 8.53. The zero-order chi connectivity index (χ0) is 18.4. The summed E-state index contributed by atoms with van der Waals surface area (Å²) in [6.45, 7) is 2.55. The molecule has 134 valence electrons. The number of rotatable bonds is 7. The standard InChI is InChI=1S/C19H20N4O2S/c1-2-25-16-10-8-14(9-11-16)12-17-18(24)23(20)19(22-21-17)26-13-15-6-4-3-5-7-15/h3-11H,2,12-13,20H2,1H3. The van der Waals surface area contributed by atoms with E-state index in [9.17, 15) is 4.79 Å². The van der Waals surface area contributed by atoms with E-state index < -0.39 is 0 Å². The number of nitrogens with zero attached hydrogens (tertiary/aromatic N) is 3. The minimum atomic E-state index is -0.329. The molecule has 1 heterocycles. The molecule has 2 N–H and O–H groups in total. The Morgan fingerprint density at radius 3 is 2.46 bits per heavy atom. The fourth-order valence-electron chi connectivity index (χ4n) is 2.42. The molecule has 0 bridgehead atoms. The first kappa shape index (κ1) is 18.0. The Bertz CT molecular complexity index is 911. The molecular weight excluding hydrogens is 348 g/mol. The average Bonchev–Trinajstić information content (AvgIpc) is 2.67. The van der Waals surface area contributed by atoms with Crippen molar-refractivity contribution in [1.82, 2.24) is 14.9 Å². The van der Waals surface area contributed by atoms with E-state index in [0.717, 1.165) is 21.6 Å². The lowest BCUT2D eigenvalue weighted by Crippen LogP contribution is -2.33. The molecule has 0 aliphatic rings. The Kier molecular flexibility index (Phi) is 5.91. The van der Waals surface area contributed by atoms with Crippen molar-refractivity contribution in [3.05, 3.63) is 81.8 Å². The van der Waals surface area contributed by atoms with Gasteiger partial charge in [-0.2, -0.15) is 4.68 Å². The number of benzene rings is 2. The number of ether oxygens (including phenoxy) is 1. The van der Waals surface area contributed by atoms with Gasteiger partial charge < -0.3 is 10.6 Å². The molecule has 0 saturated heterocycles. The molecule has 26 heavy (non-hydrogen) atoms. The summed E-state index contributed by atoms with van der Waals surface area (Å²) in [6.07, 6.45) is 0.374. The van der Waals surface area contributed by atoms with Gasteiger partial charge >= 0.3 is 0 Å². The molecule has 6 nitrogen and oxygen atoms in total. The van der Waals surface area contributed by atoms with Crippen LogP contribution in [0.1, 0.15) is 23.7 Å². The minimum absolute atomic E-state index is 0.320. The van der Waals surface area contributed by atoms with E-state index in [4.69, 9.17) is 10.6 Å². The minimum Gasteiger partial charge on any atom is -0.494 e. The average molecular weight is 368 g/mol. The van der Waals surface area contributed by atoms with Gasteiger partial charge in [0.15, 0.2) is 0 Å². The van der Waals surface area contributed by atoms with E-state index in [-0.39, 0.29) is 5.56 Å². The first-order valence-corrected chi connectivity index (χ1v) is 9.28. The summed E-state index contributed by atoms with van der Waals surface area (Å²) in [4.78, 5) is 12.5. The summed E-state index contributed by atoms with van der Waals surface area (Å²) in [6, 6.07) is 17.5. The molecule has 0 aliphatic heterocycles. The molecular formula is C19H20N4O2S. The van der Waals surface area contributed by atoms with Gasteiger partial charge in [-0.3, -0.25) is 4.79 Å². The summed E-state index contributed by atoms with van der Waals surface area (Å²) < 4.78 is 6.49. The van der Waals surface area contributed by atoms with E-state index in [1.165, 1.54) is 11.8 Å². The zero-order valence-corrected chi connectivity index (χ0v) is 15.3. The maximum Gasteiger partial charge on any atom is 0.294 e. The molecule has 0 aliphatic carbocycles. The lowest BCUT2D eigenvalue weighted by Gasteiger charge is -2.08. The third-order valence-electron chi connectivity index (χ3n) is 3.74. The molecule has 0 amide bonds. The number of hydrogen-bond acceptors (Lipinski definition) is 6. The van der Waals surface area contributed by atoms with Crippen LogP contribution in [0.2, 0.25) is 0 Å². The molecule has 0 fully saturated rings. The molecule has 0 spiro atoms. The first-order valence-electron chi connectivity index (χ1n) is 8.29. The van der Waals surface area contributed by atoms with Crippen molar-refractivity contribution < 1.29 is 4.74 Å². The Morgan fingerprint density at radius 2 is 1.77 bits per heavy atom. The van der Waals surface area contributed by atoms with Crippen LogP contribution in [0.3, 0.4) is 0 Å². The van der Waals surface area contributed by atoms with Gasteiger partial charge in [-0.25, -0.2) is 0 Å². The van der Waals surface area contributed by atoms with E-state index in [0.29, 0.717) is 29.6 Å². The molecule has 7 heteroatoms. The molecule has 0 atom stereocenters.